The summed E-state index contributed by atoms with van der Waals surface area (Å²) in [6.45, 7) is 4.57. The minimum atomic E-state index is -0.110. The van der Waals surface area contributed by atoms with E-state index in [1.807, 2.05) is 19.9 Å². The van der Waals surface area contributed by atoms with E-state index >= 15 is 0 Å². The summed E-state index contributed by atoms with van der Waals surface area (Å²) in [5.41, 5.74) is 8.89. The molecule has 2 N–H and O–H groups in total. The van der Waals surface area contributed by atoms with Gasteiger partial charge in [-0.25, -0.2) is 4.39 Å². The zero-order valence-electron chi connectivity index (χ0n) is 10.9. The molecule has 1 aromatic carbocycles. The van der Waals surface area contributed by atoms with E-state index in [4.69, 9.17) is 5.73 Å². The Bertz CT molecular complexity index is 406. The summed E-state index contributed by atoms with van der Waals surface area (Å²) in [6.07, 6.45) is 5.66. The predicted molar refractivity (Wildman–Crippen MR) is 69.7 cm³/mol. The summed E-state index contributed by atoms with van der Waals surface area (Å²) in [6, 6.07) is 3.68. The number of aryl methyl sites for hydroxylation is 2. The van der Waals surface area contributed by atoms with Crippen LogP contribution in [-0.2, 0) is 5.41 Å². The summed E-state index contributed by atoms with van der Waals surface area (Å²) < 4.78 is 14.2. The van der Waals surface area contributed by atoms with Gasteiger partial charge in [-0.1, -0.05) is 25.3 Å². The first kappa shape index (κ1) is 12.6. The number of nitrogens with two attached hydrogens (primary N) is 1. The molecule has 0 atom stereocenters. The van der Waals surface area contributed by atoms with Crippen molar-refractivity contribution in [1.29, 1.82) is 0 Å². The highest BCUT2D eigenvalue weighted by atomic mass is 19.1. The van der Waals surface area contributed by atoms with E-state index in [1.54, 1.807) is 6.07 Å². The topological polar surface area (TPSA) is 26.0 Å². The first-order chi connectivity index (χ1) is 8.09. The van der Waals surface area contributed by atoms with Crippen LogP contribution in [0.4, 0.5) is 4.39 Å². The molecule has 0 spiro atoms. The van der Waals surface area contributed by atoms with Gasteiger partial charge in [0.15, 0.2) is 0 Å². The molecule has 1 nitrogen and oxygen atoms in total. The van der Waals surface area contributed by atoms with Gasteiger partial charge in [0.25, 0.3) is 0 Å². The molecule has 0 aromatic heterocycles. The van der Waals surface area contributed by atoms with Crippen LogP contribution in [0.1, 0.15) is 48.8 Å². The molecule has 17 heavy (non-hydrogen) atoms. The van der Waals surface area contributed by atoms with Gasteiger partial charge in [-0.2, -0.15) is 0 Å². The second-order valence-electron chi connectivity index (χ2n) is 5.46. The standard InChI is InChI=1S/C15H22FN/c1-11-8-13(14(16)9-12(11)2)15(10-17)6-4-3-5-7-15/h8-9H,3-7,10,17H2,1-2H3. The van der Waals surface area contributed by atoms with E-state index in [-0.39, 0.29) is 11.2 Å². The fraction of sp³-hybridized carbons (Fsp3) is 0.600. The van der Waals surface area contributed by atoms with Crippen molar-refractivity contribution in [2.24, 2.45) is 5.73 Å². The molecular formula is C15H22FN. The van der Waals surface area contributed by atoms with Crippen LogP contribution in [0.15, 0.2) is 12.1 Å². The molecule has 0 bridgehead atoms. The van der Waals surface area contributed by atoms with Crippen molar-refractivity contribution < 1.29 is 4.39 Å². The van der Waals surface area contributed by atoms with Crippen molar-refractivity contribution in [1.82, 2.24) is 0 Å². The summed E-state index contributed by atoms with van der Waals surface area (Å²) in [7, 11) is 0. The third-order valence-electron chi connectivity index (χ3n) is 4.36. The van der Waals surface area contributed by atoms with Gasteiger partial charge in [-0.05, 0) is 49.4 Å². The summed E-state index contributed by atoms with van der Waals surface area (Å²) in [4.78, 5) is 0. The Kier molecular flexibility index (Phi) is 3.53. The maximum atomic E-state index is 14.2. The number of rotatable bonds is 2. The van der Waals surface area contributed by atoms with Crippen molar-refractivity contribution in [3.63, 3.8) is 0 Å². The second kappa shape index (κ2) is 4.77. The highest BCUT2D eigenvalue weighted by Crippen LogP contribution is 2.40. The molecule has 1 aliphatic carbocycles. The Hall–Kier alpha value is -0.890. The van der Waals surface area contributed by atoms with E-state index in [9.17, 15) is 4.39 Å². The first-order valence-corrected chi connectivity index (χ1v) is 6.56. The minimum absolute atomic E-state index is 0.0690. The van der Waals surface area contributed by atoms with Gasteiger partial charge in [0.05, 0.1) is 0 Å². The smallest absolute Gasteiger partial charge is 0.127 e. The Balaban J connectivity index is 2.46. The Morgan fingerprint density at radius 1 is 1.12 bits per heavy atom. The van der Waals surface area contributed by atoms with Crippen molar-refractivity contribution in [2.75, 3.05) is 6.54 Å². The number of hydrogen-bond acceptors (Lipinski definition) is 1. The molecule has 94 valence electrons. The van der Waals surface area contributed by atoms with Gasteiger partial charge in [0.1, 0.15) is 5.82 Å². The molecule has 1 aromatic rings. The molecule has 0 radical (unpaired) electrons. The van der Waals surface area contributed by atoms with Gasteiger partial charge in [0, 0.05) is 12.0 Å². The zero-order valence-corrected chi connectivity index (χ0v) is 10.9. The summed E-state index contributed by atoms with van der Waals surface area (Å²) in [5, 5.41) is 0. The largest absolute Gasteiger partial charge is 0.330 e. The van der Waals surface area contributed by atoms with E-state index in [2.05, 4.69) is 0 Å². The van der Waals surface area contributed by atoms with Crippen LogP contribution < -0.4 is 5.73 Å². The van der Waals surface area contributed by atoms with Gasteiger partial charge in [0.2, 0.25) is 0 Å². The molecule has 2 rings (SSSR count). The molecule has 0 amide bonds. The van der Waals surface area contributed by atoms with Gasteiger partial charge in [-0.3, -0.25) is 0 Å². The van der Waals surface area contributed by atoms with Crippen LogP contribution in [0.2, 0.25) is 0 Å². The van der Waals surface area contributed by atoms with Crippen LogP contribution in [0.25, 0.3) is 0 Å². The van der Waals surface area contributed by atoms with Crippen LogP contribution in [0.5, 0.6) is 0 Å². The number of benzene rings is 1. The van der Waals surface area contributed by atoms with Crippen LogP contribution in [-0.4, -0.2) is 6.54 Å². The Morgan fingerprint density at radius 3 is 2.29 bits per heavy atom. The highest BCUT2D eigenvalue weighted by Gasteiger charge is 2.34. The monoisotopic (exact) mass is 235 g/mol. The maximum Gasteiger partial charge on any atom is 0.127 e. The lowest BCUT2D eigenvalue weighted by atomic mass is 9.69. The molecule has 0 unspecified atom stereocenters. The molecule has 1 saturated carbocycles. The molecule has 1 aliphatic rings. The van der Waals surface area contributed by atoms with Crippen molar-refractivity contribution in [2.45, 2.75) is 51.4 Å². The zero-order chi connectivity index (χ0) is 12.5. The van der Waals surface area contributed by atoms with Gasteiger partial charge >= 0.3 is 0 Å². The third kappa shape index (κ3) is 2.23. The summed E-state index contributed by atoms with van der Waals surface area (Å²) in [5.74, 6) is -0.0690. The first-order valence-electron chi connectivity index (χ1n) is 6.56. The molecule has 0 heterocycles. The fourth-order valence-corrected chi connectivity index (χ4v) is 3.00. The van der Waals surface area contributed by atoms with Crippen LogP contribution in [0, 0.1) is 19.7 Å². The Morgan fingerprint density at radius 2 is 1.71 bits per heavy atom. The van der Waals surface area contributed by atoms with Gasteiger partial charge < -0.3 is 5.73 Å². The van der Waals surface area contributed by atoms with E-state index in [0.717, 1.165) is 24.0 Å². The van der Waals surface area contributed by atoms with Crippen LogP contribution in [0.3, 0.4) is 0 Å². The molecular weight excluding hydrogens is 213 g/mol. The quantitative estimate of drug-likeness (QED) is 0.832. The molecule has 0 aliphatic heterocycles. The average Bonchev–Trinajstić information content (AvgIpc) is 2.34. The van der Waals surface area contributed by atoms with Crippen LogP contribution >= 0.6 is 0 Å². The fourth-order valence-electron chi connectivity index (χ4n) is 3.00. The lowest BCUT2D eigenvalue weighted by Crippen LogP contribution is -2.38. The maximum absolute atomic E-state index is 14.2. The summed E-state index contributed by atoms with van der Waals surface area (Å²) >= 11 is 0. The van der Waals surface area contributed by atoms with Crippen molar-refractivity contribution in [3.8, 4) is 0 Å². The third-order valence-corrected chi connectivity index (χ3v) is 4.36. The molecule has 2 heteroatoms. The Labute approximate surface area is 103 Å². The number of halogens is 1. The number of hydrogen-bond donors (Lipinski definition) is 1. The average molecular weight is 235 g/mol. The SMILES string of the molecule is Cc1cc(F)c(C2(CN)CCCCC2)cc1C. The van der Waals surface area contributed by atoms with Crippen molar-refractivity contribution >= 4 is 0 Å². The van der Waals surface area contributed by atoms with E-state index in [0.29, 0.717) is 6.54 Å². The molecule has 0 saturated heterocycles. The lowest BCUT2D eigenvalue weighted by Gasteiger charge is -2.37. The molecule has 1 fully saturated rings. The highest BCUT2D eigenvalue weighted by molar-refractivity contribution is 5.36. The minimum Gasteiger partial charge on any atom is -0.330 e. The van der Waals surface area contributed by atoms with Crippen molar-refractivity contribution in [3.05, 3.63) is 34.6 Å². The van der Waals surface area contributed by atoms with Gasteiger partial charge in [-0.15, -0.1) is 0 Å². The van der Waals surface area contributed by atoms with E-state index < -0.39 is 0 Å². The normalized spacial score (nSPS) is 19.3. The van der Waals surface area contributed by atoms with E-state index in [1.165, 1.54) is 24.8 Å². The predicted octanol–water partition coefficient (Wildman–Crippen LogP) is 3.60. The lowest BCUT2D eigenvalue weighted by molar-refractivity contribution is 0.291. The second-order valence-corrected chi connectivity index (χ2v) is 5.46.